The van der Waals surface area contributed by atoms with Crippen LogP contribution in [0.2, 0.25) is 0 Å². The molecule has 0 bridgehead atoms. The number of benzene rings is 2. The minimum Gasteiger partial charge on any atom is -0.383 e. The number of amides is 1. The lowest BCUT2D eigenvalue weighted by molar-refractivity contribution is -0.118. The smallest absolute Gasteiger partial charge is 0.230 e. The van der Waals surface area contributed by atoms with Gasteiger partial charge in [-0.1, -0.05) is 60.3 Å². The van der Waals surface area contributed by atoms with Gasteiger partial charge in [-0.25, -0.2) is 0 Å². The van der Waals surface area contributed by atoms with E-state index in [-0.39, 0.29) is 5.91 Å². The highest BCUT2D eigenvalue weighted by molar-refractivity contribution is 7.99. The number of aromatic nitrogens is 3. The minimum absolute atomic E-state index is 0.00471. The van der Waals surface area contributed by atoms with Crippen molar-refractivity contribution in [2.45, 2.75) is 18.1 Å². The molecule has 0 aliphatic carbocycles. The van der Waals surface area contributed by atoms with Crippen molar-refractivity contribution in [3.05, 3.63) is 60.7 Å². The van der Waals surface area contributed by atoms with Gasteiger partial charge in [0, 0.05) is 38.5 Å². The number of anilines is 1. The molecule has 8 heteroatoms. The molecule has 164 valence electrons. The SMILES string of the molecule is COCCn1c(SCC(=O)NCCCN(C)c2ccccc2)nnc1-c1ccccc1. The first kappa shape index (κ1) is 22.8. The number of carbonyl (C=O) groups excluding carboxylic acids is 1. The van der Waals surface area contributed by atoms with Crippen LogP contribution in [0, 0.1) is 0 Å². The first-order valence-electron chi connectivity index (χ1n) is 10.3. The molecule has 31 heavy (non-hydrogen) atoms. The number of para-hydroxylation sites is 1. The summed E-state index contributed by atoms with van der Waals surface area (Å²) >= 11 is 1.39. The number of carbonyl (C=O) groups is 1. The normalized spacial score (nSPS) is 10.8. The van der Waals surface area contributed by atoms with Gasteiger partial charge in [-0.2, -0.15) is 0 Å². The Kier molecular flexibility index (Phi) is 8.93. The van der Waals surface area contributed by atoms with Crippen LogP contribution in [0.15, 0.2) is 65.8 Å². The van der Waals surface area contributed by atoms with E-state index in [1.54, 1.807) is 7.11 Å². The number of rotatable bonds is 12. The lowest BCUT2D eigenvalue weighted by Gasteiger charge is -2.19. The molecule has 0 aliphatic rings. The zero-order chi connectivity index (χ0) is 21.9. The van der Waals surface area contributed by atoms with Crippen molar-refractivity contribution in [3.8, 4) is 11.4 Å². The van der Waals surface area contributed by atoms with E-state index in [4.69, 9.17) is 4.74 Å². The maximum Gasteiger partial charge on any atom is 0.230 e. The van der Waals surface area contributed by atoms with Crippen LogP contribution in [0.25, 0.3) is 11.4 Å². The molecule has 3 aromatic rings. The quantitative estimate of drug-likeness (QED) is 0.345. The highest BCUT2D eigenvalue weighted by Gasteiger charge is 2.15. The number of methoxy groups -OCH3 is 1. The topological polar surface area (TPSA) is 72.3 Å². The second-order valence-electron chi connectivity index (χ2n) is 7.07. The molecule has 1 N–H and O–H groups in total. The Morgan fingerprint density at radius 2 is 1.81 bits per heavy atom. The second-order valence-corrected chi connectivity index (χ2v) is 8.01. The largest absolute Gasteiger partial charge is 0.383 e. The van der Waals surface area contributed by atoms with Gasteiger partial charge in [0.05, 0.1) is 18.9 Å². The molecule has 0 radical (unpaired) electrons. The third kappa shape index (κ3) is 6.83. The van der Waals surface area contributed by atoms with Gasteiger partial charge < -0.3 is 15.0 Å². The first-order chi connectivity index (χ1) is 15.2. The zero-order valence-electron chi connectivity index (χ0n) is 18.0. The molecular formula is C23H29N5O2S. The standard InChI is InChI=1S/C23H29N5O2S/c1-27(20-12-7-4-8-13-20)15-9-14-24-21(29)18-31-23-26-25-22(28(23)16-17-30-2)19-10-5-3-6-11-19/h3-8,10-13H,9,14-18H2,1-2H3,(H,24,29). The summed E-state index contributed by atoms with van der Waals surface area (Å²) in [5, 5.41) is 12.4. The molecule has 1 aromatic heterocycles. The molecule has 1 heterocycles. The van der Waals surface area contributed by atoms with E-state index in [1.165, 1.54) is 17.4 Å². The van der Waals surface area contributed by atoms with Crippen LogP contribution in [0.1, 0.15) is 6.42 Å². The van der Waals surface area contributed by atoms with Crippen LogP contribution in [0.5, 0.6) is 0 Å². The number of nitrogens with one attached hydrogen (secondary N) is 1. The van der Waals surface area contributed by atoms with E-state index in [1.807, 2.05) is 53.1 Å². The van der Waals surface area contributed by atoms with Gasteiger partial charge in [-0.15, -0.1) is 10.2 Å². The summed E-state index contributed by atoms with van der Waals surface area (Å²) < 4.78 is 7.24. The molecule has 0 unspecified atom stereocenters. The number of ether oxygens (including phenoxy) is 1. The summed E-state index contributed by atoms with van der Waals surface area (Å²) in [6.07, 6.45) is 0.879. The fourth-order valence-corrected chi connectivity index (χ4v) is 3.91. The van der Waals surface area contributed by atoms with E-state index in [9.17, 15) is 4.79 Å². The van der Waals surface area contributed by atoms with Crippen molar-refractivity contribution in [2.75, 3.05) is 44.5 Å². The van der Waals surface area contributed by atoms with E-state index in [0.29, 0.717) is 25.4 Å². The number of nitrogens with zero attached hydrogens (tertiary/aromatic N) is 4. The van der Waals surface area contributed by atoms with Crippen molar-refractivity contribution in [1.29, 1.82) is 0 Å². The summed E-state index contributed by atoms with van der Waals surface area (Å²) in [7, 11) is 3.73. The van der Waals surface area contributed by atoms with E-state index in [0.717, 1.165) is 29.5 Å². The molecule has 0 atom stereocenters. The highest BCUT2D eigenvalue weighted by atomic mass is 32.2. The van der Waals surface area contributed by atoms with Crippen LogP contribution >= 0.6 is 11.8 Å². The molecule has 3 rings (SSSR count). The predicted molar refractivity (Wildman–Crippen MR) is 125 cm³/mol. The van der Waals surface area contributed by atoms with Gasteiger partial charge in [-0.3, -0.25) is 9.36 Å². The third-order valence-electron chi connectivity index (χ3n) is 4.79. The van der Waals surface area contributed by atoms with Gasteiger partial charge in [0.1, 0.15) is 0 Å². The molecule has 0 saturated heterocycles. The van der Waals surface area contributed by atoms with Gasteiger partial charge in [-0.05, 0) is 18.6 Å². The second kappa shape index (κ2) is 12.1. The first-order valence-corrected chi connectivity index (χ1v) is 11.3. The number of hydrogen-bond donors (Lipinski definition) is 1. The van der Waals surface area contributed by atoms with Crippen molar-refractivity contribution in [2.24, 2.45) is 0 Å². The average molecular weight is 440 g/mol. The Balaban J connectivity index is 1.47. The molecule has 0 fully saturated rings. The highest BCUT2D eigenvalue weighted by Crippen LogP contribution is 2.23. The number of hydrogen-bond acceptors (Lipinski definition) is 6. The molecule has 0 aliphatic heterocycles. The molecule has 0 spiro atoms. The summed E-state index contributed by atoms with van der Waals surface area (Å²) in [6, 6.07) is 20.1. The Morgan fingerprint density at radius 3 is 2.52 bits per heavy atom. The van der Waals surface area contributed by atoms with Gasteiger partial charge >= 0.3 is 0 Å². The molecule has 0 saturated carbocycles. The van der Waals surface area contributed by atoms with Gasteiger partial charge in [0.25, 0.3) is 0 Å². The maximum atomic E-state index is 12.3. The van der Waals surface area contributed by atoms with Crippen LogP contribution < -0.4 is 10.2 Å². The fourth-order valence-electron chi connectivity index (χ4n) is 3.12. The van der Waals surface area contributed by atoms with Crippen LogP contribution in [-0.2, 0) is 16.1 Å². The van der Waals surface area contributed by atoms with Crippen LogP contribution in [-0.4, -0.2) is 60.3 Å². The lowest BCUT2D eigenvalue weighted by Crippen LogP contribution is -2.29. The summed E-state index contributed by atoms with van der Waals surface area (Å²) in [5.41, 5.74) is 2.17. The predicted octanol–water partition coefficient (Wildman–Crippen LogP) is 3.33. The van der Waals surface area contributed by atoms with Crippen molar-refractivity contribution in [1.82, 2.24) is 20.1 Å². The molecule has 1 amide bonds. The maximum absolute atomic E-state index is 12.3. The fraction of sp³-hybridized carbons (Fsp3) is 0.348. The minimum atomic E-state index is -0.00471. The Hall–Kier alpha value is -2.84. The summed E-state index contributed by atoms with van der Waals surface area (Å²) in [5.74, 6) is 1.08. The average Bonchev–Trinajstić information content (AvgIpc) is 3.22. The number of thioether (sulfide) groups is 1. The lowest BCUT2D eigenvalue weighted by atomic mass is 10.2. The van der Waals surface area contributed by atoms with Crippen molar-refractivity contribution < 1.29 is 9.53 Å². The van der Waals surface area contributed by atoms with E-state index < -0.39 is 0 Å². The monoisotopic (exact) mass is 439 g/mol. The summed E-state index contributed by atoms with van der Waals surface area (Å²) in [4.78, 5) is 14.5. The van der Waals surface area contributed by atoms with Crippen molar-refractivity contribution in [3.63, 3.8) is 0 Å². The van der Waals surface area contributed by atoms with Gasteiger partial charge in [0.2, 0.25) is 5.91 Å². The Morgan fingerprint density at radius 1 is 1.10 bits per heavy atom. The summed E-state index contributed by atoms with van der Waals surface area (Å²) in [6.45, 7) is 2.70. The van der Waals surface area contributed by atoms with E-state index >= 15 is 0 Å². The third-order valence-corrected chi connectivity index (χ3v) is 5.76. The van der Waals surface area contributed by atoms with Gasteiger partial charge in [0.15, 0.2) is 11.0 Å². The van der Waals surface area contributed by atoms with Crippen LogP contribution in [0.4, 0.5) is 5.69 Å². The van der Waals surface area contributed by atoms with Crippen molar-refractivity contribution >= 4 is 23.4 Å². The molecule has 7 nitrogen and oxygen atoms in total. The Bertz CT molecular complexity index is 934. The van der Waals surface area contributed by atoms with Crippen LogP contribution in [0.3, 0.4) is 0 Å². The van der Waals surface area contributed by atoms with E-state index in [2.05, 4.69) is 39.6 Å². The molecular weight excluding hydrogens is 410 g/mol. The zero-order valence-corrected chi connectivity index (χ0v) is 18.8. The molecule has 2 aromatic carbocycles. The Labute approximate surface area is 187 Å².